The number of hydrogen-bond donors (Lipinski definition) is 0. The van der Waals surface area contributed by atoms with E-state index in [-0.39, 0.29) is 5.75 Å². The van der Waals surface area contributed by atoms with Crippen molar-refractivity contribution in [3.05, 3.63) is 29.8 Å². The molecule has 0 bridgehead atoms. The highest BCUT2D eigenvalue weighted by atomic mass is 32.2. The van der Waals surface area contributed by atoms with Gasteiger partial charge in [-0.1, -0.05) is 17.7 Å². The van der Waals surface area contributed by atoms with E-state index in [2.05, 4.69) is 0 Å². The molecule has 1 aromatic rings. The van der Waals surface area contributed by atoms with Crippen LogP contribution in [0.15, 0.2) is 24.3 Å². The highest BCUT2D eigenvalue weighted by Gasteiger charge is 2.43. The Hall–Kier alpha value is -1.11. The minimum atomic E-state index is -3.17. The Labute approximate surface area is 126 Å². The van der Waals surface area contributed by atoms with E-state index >= 15 is 0 Å². The van der Waals surface area contributed by atoms with Gasteiger partial charge in [0.05, 0.1) is 5.75 Å². The molecule has 0 unspecified atom stereocenters. The summed E-state index contributed by atoms with van der Waals surface area (Å²) in [6.07, 6.45) is 0.647. The maximum atomic E-state index is 11.9. The second kappa shape index (κ2) is 6.34. The lowest BCUT2D eigenvalue weighted by atomic mass is 10.1. The predicted molar refractivity (Wildman–Crippen MR) is 82.1 cm³/mol. The van der Waals surface area contributed by atoms with E-state index in [1.165, 1.54) is 9.87 Å². The number of aryl methyl sites for hydroxylation is 1. The van der Waals surface area contributed by atoms with Gasteiger partial charge < -0.3 is 9.47 Å². The minimum Gasteiger partial charge on any atom is -0.491 e. The van der Waals surface area contributed by atoms with Gasteiger partial charge >= 0.3 is 0 Å². The van der Waals surface area contributed by atoms with Gasteiger partial charge in [-0.2, -0.15) is 4.31 Å². The molecule has 0 radical (unpaired) electrons. The number of ether oxygens (including phenoxy) is 2. The fourth-order valence-electron chi connectivity index (χ4n) is 2.42. The van der Waals surface area contributed by atoms with E-state index in [1.807, 2.05) is 31.2 Å². The summed E-state index contributed by atoms with van der Waals surface area (Å²) in [7, 11) is -1.56. The van der Waals surface area contributed by atoms with Gasteiger partial charge in [0.25, 0.3) is 0 Å². The second-order valence-electron chi connectivity index (χ2n) is 5.47. The van der Waals surface area contributed by atoms with Crippen molar-refractivity contribution in [2.24, 2.45) is 0 Å². The van der Waals surface area contributed by atoms with Crippen LogP contribution in [0.4, 0.5) is 0 Å². The first kappa shape index (κ1) is 16.3. The highest BCUT2D eigenvalue weighted by Crippen LogP contribution is 2.28. The maximum absolute atomic E-state index is 11.9. The molecule has 1 saturated heterocycles. The first-order chi connectivity index (χ1) is 9.91. The summed E-state index contributed by atoms with van der Waals surface area (Å²) in [5, 5.41) is 0. The molecule has 1 aliphatic heterocycles. The molecule has 118 valence electrons. The number of nitrogens with zero attached hydrogens (tertiary/aromatic N) is 1. The molecule has 1 heterocycles. The molecule has 1 fully saturated rings. The van der Waals surface area contributed by atoms with Crippen LogP contribution in [-0.4, -0.2) is 50.9 Å². The lowest BCUT2D eigenvalue weighted by Gasteiger charge is -2.27. The van der Waals surface area contributed by atoms with Crippen molar-refractivity contribution in [2.45, 2.75) is 25.9 Å². The lowest BCUT2D eigenvalue weighted by Crippen LogP contribution is -2.42. The topological polar surface area (TPSA) is 55.8 Å². The van der Waals surface area contributed by atoms with Crippen LogP contribution >= 0.6 is 0 Å². The summed E-state index contributed by atoms with van der Waals surface area (Å²) in [5.74, 6) is 0.889. The zero-order chi connectivity index (χ0) is 15.5. The molecule has 5 nitrogen and oxygen atoms in total. The third kappa shape index (κ3) is 3.75. The Bertz CT molecular complexity index is 570. The third-order valence-electron chi connectivity index (χ3n) is 4.00. The molecular weight excluding hydrogens is 290 g/mol. The largest absolute Gasteiger partial charge is 0.491 e. The zero-order valence-electron chi connectivity index (χ0n) is 12.8. The number of methoxy groups -OCH3 is 1. The molecule has 0 spiro atoms. The molecular formula is C15H23NO4S. The predicted octanol–water partition coefficient (Wildman–Crippen LogP) is 1.81. The summed E-state index contributed by atoms with van der Waals surface area (Å²) in [5.41, 5.74) is 0.609. The van der Waals surface area contributed by atoms with Gasteiger partial charge in [-0.15, -0.1) is 0 Å². The van der Waals surface area contributed by atoms with Crippen molar-refractivity contribution in [3.8, 4) is 5.75 Å². The monoisotopic (exact) mass is 313 g/mol. The van der Waals surface area contributed by atoms with Gasteiger partial charge in [-0.25, -0.2) is 8.42 Å². The molecule has 0 saturated carbocycles. The molecule has 0 aromatic heterocycles. The highest BCUT2D eigenvalue weighted by molar-refractivity contribution is 7.89. The molecule has 2 rings (SSSR count). The molecule has 1 atom stereocenters. The second-order valence-corrected chi connectivity index (χ2v) is 7.73. The van der Waals surface area contributed by atoms with Crippen LogP contribution in [0.2, 0.25) is 0 Å². The van der Waals surface area contributed by atoms with Crippen molar-refractivity contribution in [2.75, 3.05) is 32.6 Å². The third-order valence-corrected chi connectivity index (χ3v) is 5.82. The lowest BCUT2D eigenvalue weighted by molar-refractivity contribution is -0.0317. The molecule has 6 heteroatoms. The van der Waals surface area contributed by atoms with Crippen LogP contribution < -0.4 is 4.74 Å². The summed E-state index contributed by atoms with van der Waals surface area (Å²) in [6.45, 7) is 4.87. The van der Waals surface area contributed by atoms with Crippen molar-refractivity contribution in [1.82, 2.24) is 4.31 Å². The molecule has 1 aromatic carbocycles. The van der Waals surface area contributed by atoms with Crippen LogP contribution in [0, 0.1) is 6.92 Å². The van der Waals surface area contributed by atoms with E-state index in [0.717, 1.165) is 5.75 Å². The van der Waals surface area contributed by atoms with Gasteiger partial charge in [0.1, 0.15) is 18.0 Å². The summed E-state index contributed by atoms with van der Waals surface area (Å²) < 4.78 is 36.8. The van der Waals surface area contributed by atoms with Crippen LogP contribution in [0.1, 0.15) is 18.9 Å². The van der Waals surface area contributed by atoms with E-state index < -0.39 is 15.6 Å². The average Bonchev–Trinajstić information content (AvgIpc) is 2.93. The Kier molecular flexibility index (Phi) is 4.91. The molecule has 0 aliphatic carbocycles. The normalized spacial score (nSPS) is 23.4. The van der Waals surface area contributed by atoms with Crippen molar-refractivity contribution < 1.29 is 17.9 Å². The average molecular weight is 313 g/mol. The SMILES string of the molecule is CCS(=O)(=O)N1CC[C@@](COc2ccc(C)cc2)(OC)C1. The summed E-state index contributed by atoms with van der Waals surface area (Å²) in [4.78, 5) is 0. The maximum Gasteiger partial charge on any atom is 0.213 e. The van der Waals surface area contributed by atoms with Gasteiger partial charge in [0.15, 0.2) is 0 Å². The molecule has 1 aliphatic rings. The van der Waals surface area contributed by atoms with E-state index in [4.69, 9.17) is 9.47 Å². The van der Waals surface area contributed by atoms with Gasteiger partial charge in [-0.3, -0.25) is 0 Å². The van der Waals surface area contributed by atoms with Gasteiger partial charge in [0.2, 0.25) is 10.0 Å². The quantitative estimate of drug-likeness (QED) is 0.804. The van der Waals surface area contributed by atoms with Crippen LogP contribution in [0.5, 0.6) is 5.75 Å². The van der Waals surface area contributed by atoms with Crippen LogP contribution in [-0.2, 0) is 14.8 Å². The van der Waals surface area contributed by atoms with Crippen LogP contribution in [0.25, 0.3) is 0 Å². The first-order valence-corrected chi connectivity index (χ1v) is 8.74. The van der Waals surface area contributed by atoms with Crippen LogP contribution in [0.3, 0.4) is 0 Å². The smallest absolute Gasteiger partial charge is 0.213 e. The minimum absolute atomic E-state index is 0.117. The molecule has 0 amide bonds. The standard InChI is InChI=1S/C15H23NO4S/c1-4-21(17,18)16-10-9-15(11-16,19-3)12-20-14-7-5-13(2)6-8-14/h5-8H,4,9-12H2,1-3H3/t15-/m1/s1. The fourth-order valence-corrected chi connectivity index (χ4v) is 3.59. The van der Waals surface area contributed by atoms with Crippen molar-refractivity contribution in [1.29, 1.82) is 0 Å². The summed E-state index contributed by atoms with van der Waals surface area (Å²) in [6, 6.07) is 7.79. The number of sulfonamides is 1. The van der Waals surface area contributed by atoms with E-state index in [0.29, 0.717) is 26.1 Å². The number of benzene rings is 1. The zero-order valence-corrected chi connectivity index (χ0v) is 13.6. The molecule has 0 N–H and O–H groups in total. The van der Waals surface area contributed by atoms with Crippen molar-refractivity contribution in [3.63, 3.8) is 0 Å². The molecule has 21 heavy (non-hydrogen) atoms. The Morgan fingerprint density at radius 1 is 1.29 bits per heavy atom. The van der Waals surface area contributed by atoms with E-state index in [1.54, 1.807) is 14.0 Å². The Morgan fingerprint density at radius 3 is 2.52 bits per heavy atom. The fraction of sp³-hybridized carbons (Fsp3) is 0.600. The van der Waals surface area contributed by atoms with Gasteiger partial charge in [-0.05, 0) is 32.4 Å². The van der Waals surface area contributed by atoms with Crippen molar-refractivity contribution >= 4 is 10.0 Å². The number of hydrogen-bond acceptors (Lipinski definition) is 4. The Balaban J connectivity index is 2.01. The summed E-state index contributed by atoms with van der Waals surface area (Å²) >= 11 is 0. The first-order valence-electron chi connectivity index (χ1n) is 7.13. The van der Waals surface area contributed by atoms with E-state index in [9.17, 15) is 8.42 Å². The Morgan fingerprint density at radius 2 is 1.95 bits per heavy atom. The number of rotatable bonds is 6. The van der Waals surface area contributed by atoms with Gasteiger partial charge in [0, 0.05) is 20.2 Å².